The smallest absolute Gasteiger partial charge is 0.310 e. The minimum atomic E-state index is -3.85. The van der Waals surface area contributed by atoms with Crippen molar-refractivity contribution in [3.05, 3.63) is 124 Å². The molecule has 190 valence electrons. The Balaban J connectivity index is 1.66. The normalized spacial score (nSPS) is 12.3. The van der Waals surface area contributed by atoms with E-state index in [2.05, 4.69) is 5.10 Å². The van der Waals surface area contributed by atoms with E-state index in [9.17, 15) is 18.0 Å². The molecule has 0 aliphatic heterocycles. The number of rotatable bonds is 9. The van der Waals surface area contributed by atoms with Gasteiger partial charge in [0.05, 0.1) is 28.3 Å². The van der Waals surface area contributed by atoms with Gasteiger partial charge in [0.25, 0.3) is 5.56 Å². The van der Waals surface area contributed by atoms with Gasteiger partial charge in [-0.05, 0) is 42.3 Å². The Labute approximate surface area is 216 Å². The molecule has 8 heteroatoms. The van der Waals surface area contributed by atoms with Gasteiger partial charge in [0.1, 0.15) is 5.75 Å². The van der Waals surface area contributed by atoms with Gasteiger partial charge in [-0.2, -0.15) is 5.10 Å². The quantitative estimate of drug-likeness (QED) is 0.238. The van der Waals surface area contributed by atoms with Crippen LogP contribution >= 0.6 is 0 Å². The lowest BCUT2D eigenvalue weighted by Gasteiger charge is -2.20. The monoisotopic (exact) mass is 516 g/mol. The van der Waals surface area contributed by atoms with E-state index in [1.165, 1.54) is 41.9 Å². The van der Waals surface area contributed by atoms with Crippen molar-refractivity contribution in [3.63, 3.8) is 0 Å². The van der Waals surface area contributed by atoms with Crippen molar-refractivity contribution in [2.75, 3.05) is 0 Å². The molecule has 0 N–H and O–H groups in total. The molecule has 0 spiro atoms. The molecule has 0 saturated heterocycles. The van der Waals surface area contributed by atoms with Crippen LogP contribution in [0.3, 0.4) is 0 Å². The first kappa shape index (κ1) is 26.0. The number of nitrogens with zero attached hydrogens (tertiary/aromatic N) is 2. The van der Waals surface area contributed by atoms with Crippen molar-refractivity contribution in [2.24, 2.45) is 0 Å². The minimum absolute atomic E-state index is 0.0112. The van der Waals surface area contributed by atoms with Crippen LogP contribution in [0.4, 0.5) is 0 Å². The number of benzene rings is 3. The zero-order valence-electron chi connectivity index (χ0n) is 20.7. The fourth-order valence-corrected chi connectivity index (χ4v) is 5.42. The summed E-state index contributed by atoms with van der Waals surface area (Å²) < 4.78 is 33.0. The van der Waals surface area contributed by atoms with Gasteiger partial charge >= 0.3 is 5.97 Å². The summed E-state index contributed by atoms with van der Waals surface area (Å²) in [4.78, 5) is 24.4. The molecular formula is C29H28N2O5S. The van der Waals surface area contributed by atoms with Crippen LogP contribution < -0.4 is 10.3 Å². The number of hydrogen-bond donors (Lipinski definition) is 0. The van der Waals surface area contributed by atoms with Gasteiger partial charge in [-0.25, -0.2) is 13.1 Å². The topological polar surface area (TPSA) is 95.3 Å². The van der Waals surface area contributed by atoms with Crippen LogP contribution in [0.25, 0.3) is 0 Å². The van der Waals surface area contributed by atoms with E-state index in [4.69, 9.17) is 4.74 Å². The Morgan fingerprint density at radius 2 is 1.51 bits per heavy atom. The van der Waals surface area contributed by atoms with Gasteiger partial charge in [-0.15, -0.1) is 0 Å². The molecule has 4 rings (SSSR count). The second kappa shape index (κ2) is 11.3. The summed E-state index contributed by atoms with van der Waals surface area (Å²) in [5.41, 5.74) is 2.25. The average molecular weight is 517 g/mol. The van der Waals surface area contributed by atoms with Crippen LogP contribution in [0.5, 0.6) is 5.75 Å². The molecule has 0 aliphatic rings. The maximum Gasteiger partial charge on any atom is 0.310 e. The molecule has 4 aromatic rings. The van der Waals surface area contributed by atoms with Crippen molar-refractivity contribution in [1.29, 1.82) is 0 Å². The SMILES string of the molecule is CCC(=O)Oc1cccc(S(=O)(=O)C(C)Cn2nc(C(c3ccccc3)c3ccccc3)ccc2=O)c1. The van der Waals surface area contributed by atoms with Crippen LogP contribution in [-0.2, 0) is 21.2 Å². The predicted octanol–water partition coefficient (Wildman–Crippen LogP) is 4.60. The lowest BCUT2D eigenvalue weighted by Crippen LogP contribution is -2.32. The van der Waals surface area contributed by atoms with E-state index in [-0.39, 0.29) is 29.5 Å². The van der Waals surface area contributed by atoms with Crippen molar-refractivity contribution in [2.45, 2.75) is 42.9 Å². The Morgan fingerprint density at radius 3 is 2.11 bits per heavy atom. The van der Waals surface area contributed by atoms with E-state index in [1.807, 2.05) is 60.7 Å². The van der Waals surface area contributed by atoms with Gasteiger partial charge in [0.15, 0.2) is 9.84 Å². The molecule has 1 heterocycles. The molecule has 1 atom stereocenters. The third kappa shape index (κ3) is 6.03. The number of ether oxygens (including phenoxy) is 1. The van der Waals surface area contributed by atoms with E-state index >= 15 is 0 Å². The van der Waals surface area contributed by atoms with Gasteiger partial charge in [0.2, 0.25) is 0 Å². The largest absolute Gasteiger partial charge is 0.426 e. The predicted molar refractivity (Wildman–Crippen MR) is 141 cm³/mol. The Hall–Kier alpha value is -4.04. The van der Waals surface area contributed by atoms with Crippen molar-refractivity contribution in [3.8, 4) is 5.75 Å². The molecule has 0 fully saturated rings. The molecule has 1 unspecified atom stereocenters. The summed E-state index contributed by atoms with van der Waals surface area (Å²) >= 11 is 0. The van der Waals surface area contributed by atoms with Crippen molar-refractivity contribution >= 4 is 15.8 Å². The molecule has 0 saturated carbocycles. The molecule has 0 radical (unpaired) electrons. The maximum atomic E-state index is 13.3. The fourth-order valence-electron chi connectivity index (χ4n) is 4.07. The first-order valence-electron chi connectivity index (χ1n) is 12.0. The molecule has 0 bridgehead atoms. The Morgan fingerprint density at radius 1 is 0.892 bits per heavy atom. The highest BCUT2D eigenvalue weighted by molar-refractivity contribution is 7.92. The van der Waals surface area contributed by atoms with Gasteiger partial charge in [-0.1, -0.05) is 73.7 Å². The van der Waals surface area contributed by atoms with Gasteiger partial charge < -0.3 is 4.74 Å². The van der Waals surface area contributed by atoms with E-state index < -0.39 is 26.6 Å². The van der Waals surface area contributed by atoms with E-state index in [0.717, 1.165) is 11.1 Å². The second-order valence-electron chi connectivity index (χ2n) is 8.69. The summed E-state index contributed by atoms with van der Waals surface area (Å²) in [6.07, 6.45) is 0.172. The maximum absolute atomic E-state index is 13.3. The highest BCUT2D eigenvalue weighted by Crippen LogP contribution is 2.30. The van der Waals surface area contributed by atoms with Crippen molar-refractivity contribution < 1.29 is 17.9 Å². The van der Waals surface area contributed by atoms with Gasteiger partial charge in [0, 0.05) is 12.5 Å². The number of carbonyl (C=O) groups excluding carboxylic acids is 1. The molecule has 1 aromatic heterocycles. The molecule has 37 heavy (non-hydrogen) atoms. The number of aromatic nitrogens is 2. The van der Waals surface area contributed by atoms with Crippen molar-refractivity contribution in [1.82, 2.24) is 9.78 Å². The molecule has 0 aliphatic carbocycles. The van der Waals surface area contributed by atoms with Crippen LogP contribution in [0.2, 0.25) is 0 Å². The van der Waals surface area contributed by atoms with E-state index in [1.54, 1.807) is 13.0 Å². The highest BCUT2D eigenvalue weighted by Gasteiger charge is 2.26. The number of hydrogen-bond acceptors (Lipinski definition) is 6. The summed E-state index contributed by atoms with van der Waals surface area (Å²) in [6.45, 7) is 3.06. The molecule has 3 aromatic carbocycles. The van der Waals surface area contributed by atoms with Gasteiger partial charge in [-0.3, -0.25) is 9.59 Å². The molecule has 0 amide bonds. The zero-order chi connectivity index (χ0) is 26.4. The minimum Gasteiger partial charge on any atom is -0.426 e. The summed E-state index contributed by atoms with van der Waals surface area (Å²) in [7, 11) is -3.85. The van der Waals surface area contributed by atoms with Crippen LogP contribution in [0.15, 0.2) is 107 Å². The fraction of sp³-hybridized carbons (Fsp3) is 0.207. The van der Waals surface area contributed by atoms with Crippen LogP contribution in [-0.4, -0.2) is 29.4 Å². The third-order valence-electron chi connectivity index (χ3n) is 6.06. The lowest BCUT2D eigenvalue weighted by molar-refractivity contribution is -0.134. The second-order valence-corrected chi connectivity index (χ2v) is 11.1. The Kier molecular flexibility index (Phi) is 7.98. The molecular weight excluding hydrogens is 488 g/mol. The molecule has 7 nitrogen and oxygen atoms in total. The summed E-state index contributed by atoms with van der Waals surface area (Å²) in [6, 6.07) is 28.6. The van der Waals surface area contributed by atoms with E-state index in [0.29, 0.717) is 5.69 Å². The average Bonchev–Trinajstić information content (AvgIpc) is 2.92. The van der Waals surface area contributed by atoms with Crippen LogP contribution in [0, 0.1) is 0 Å². The number of esters is 1. The summed E-state index contributed by atoms with van der Waals surface area (Å²) in [5.74, 6) is -0.529. The summed E-state index contributed by atoms with van der Waals surface area (Å²) in [5, 5.41) is 3.65. The number of carbonyl (C=O) groups is 1. The standard InChI is InChI=1S/C29H28N2O5S/c1-3-28(33)36-24-15-10-16-25(19-24)37(34,35)21(2)20-31-27(32)18-17-26(30-31)29(22-11-6-4-7-12-22)23-13-8-5-9-14-23/h4-19,21,29H,3,20H2,1-2H3. The van der Waals surface area contributed by atoms with Crippen LogP contribution in [0.1, 0.15) is 43.0 Å². The highest BCUT2D eigenvalue weighted by atomic mass is 32.2. The third-order valence-corrected chi connectivity index (χ3v) is 8.18. The Bertz CT molecular complexity index is 1490. The first-order valence-corrected chi connectivity index (χ1v) is 13.6. The zero-order valence-corrected chi connectivity index (χ0v) is 21.5. The lowest BCUT2D eigenvalue weighted by atomic mass is 9.88. The first-order chi connectivity index (χ1) is 17.8. The number of sulfone groups is 1.